The van der Waals surface area contributed by atoms with E-state index in [0.717, 1.165) is 54.5 Å². The molecule has 8 saturated carbocycles. The van der Waals surface area contributed by atoms with E-state index < -0.39 is 11.6 Å². The van der Waals surface area contributed by atoms with Gasteiger partial charge in [-0.05, 0) is 174 Å². The van der Waals surface area contributed by atoms with Crippen LogP contribution >= 0.6 is 17.2 Å². The summed E-state index contributed by atoms with van der Waals surface area (Å²) < 4.78 is 20.8. The summed E-state index contributed by atoms with van der Waals surface area (Å²) in [7, 11) is 3.07. The lowest BCUT2D eigenvalue weighted by molar-refractivity contribution is -0.531. The summed E-state index contributed by atoms with van der Waals surface area (Å²) in [6.45, 7) is 9.16. The third-order valence-corrected chi connectivity index (χ3v) is 20.4. The van der Waals surface area contributed by atoms with E-state index >= 15 is 0 Å². The van der Waals surface area contributed by atoms with Gasteiger partial charge in [-0.3, -0.25) is 0 Å². The molecule has 12 aliphatic rings. The molecule has 0 radical (unpaired) electrons. The minimum absolute atomic E-state index is 0.131. The zero-order valence-corrected chi connectivity index (χ0v) is 29.9. The first-order valence-electron chi connectivity index (χ1n) is 18.6. The number of rotatable bonds is 6. The molecule has 4 aliphatic heterocycles. The molecule has 5 heteroatoms. The van der Waals surface area contributed by atoms with Crippen molar-refractivity contribution in [3.63, 3.8) is 0 Å². The van der Waals surface area contributed by atoms with Gasteiger partial charge in [0.1, 0.15) is 0 Å². The molecule has 13 rings (SSSR count). The van der Waals surface area contributed by atoms with E-state index in [0.29, 0.717) is 10.3 Å². The maximum absolute atomic E-state index is 7.14. The lowest BCUT2D eigenvalue weighted by atomic mass is 9.51. The zero-order valence-electron chi connectivity index (χ0n) is 27.8. The van der Waals surface area contributed by atoms with E-state index in [-0.39, 0.29) is 24.5 Å². The molecule has 5 atom stereocenters. The van der Waals surface area contributed by atoms with Crippen molar-refractivity contribution < 1.29 is 14.2 Å². The molecular formula is C39H56O3P2. The first-order chi connectivity index (χ1) is 20.9. The van der Waals surface area contributed by atoms with Crippen LogP contribution in [0.2, 0.25) is 0 Å². The largest absolute Gasteiger partial charge is 0.343 e. The van der Waals surface area contributed by atoms with Gasteiger partial charge in [0, 0.05) is 12.8 Å². The van der Waals surface area contributed by atoms with Gasteiger partial charge in [-0.25, -0.2) is 0 Å². The van der Waals surface area contributed by atoms with Crippen LogP contribution in [0.1, 0.15) is 129 Å². The predicted octanol–water partition coefficient (Wildman–Crippen LogP) is 9.54. The maximum atomic E-state index is 7.14. The smallest absolute Gasteiger partial charge is 0.172 e. The Hall–Kier alpha value is -0.0400. The molecule has 1 aromatic rings. The highest BCUT2D eigenvalue weighted by Crippen LogP contribution is 2.80. The Labute approximate surface area is 270 Å². The van der Waals surface area contributed by atoms with E-state index in [1.807, 2.05) is 0 Å². The SMILES string of the molecule is CC12CC3(C)OC(C)(CC(C)(O1)C3(CP)c1ccccc1CP(C13CC4CC(CC(C4)C1)C3)C13CC4CC(CC(C4)C1)C3)O2. The first kappa shape index (κ1) is 28.9. The number of hydrogen-bond acceptors (Lipinski definition) is 3. The molecule has 3 nitrogen and oxygen atoms in total. The molecule has 12 bridgehead atoms. The fraction of sp³-hybridized carbons (Fsp3) is 0.846. The second kappa shape index (κ2) is 8.94. The van der Waals surface area contributed by atoms with E-state index in [2.05, 4.69) is 61.2 Å². The van der Waals surface area contributed by atoms with Gasteiger partial charge in [0.05, 0.1) is 16.6 Å². The minimum Gasteiger partial charge on any atom is -0.343 e. The van der Waals surface area contributed by atoms with Crippen molar-refractivity contribution in [2.45, 2.75) is 162 Å². The highest BCUT2D eigenvalue weighted by molar-refractivity contribution is 7.60. The molecule has 5 unspecified atom stereocenters. The highest BCUT2D eigenvalue weighted by atomic mass is 31.1. The van der Waals surface area contributed by atoms with Crippen LogP contribution in [0.15, 0.2) is 24.3 Å². The van der Waals surface area contributed by atoms with E-state index in [4.69, 9.17) is 14.2 Å². The van der Waals surface area contributed by atoms with Crippen molar-refractivity contribution in [3.8, 4) is 0 Å². The van der Waals surface area contributed by atoms with E-state index in [1.165, 1.54) is 6.16 Å². The number of benzene rings is 1. The van der Waals surface area contributed by atoms with Crippen LogP contribution in [0, 0.1) is 35.5 Å². The maximum Gasteiger partial charge on any atom is 0.172 e. The van der Waals surface area contributed by atoms with Crippen molar-refractivity contribution in [2.24, 2.45) is 35.5 Å². The summed E-state index contributed by atoms with van der Waals surface area (Å²) in [5.41, 5.74) is 2.29. The number of ether oxygens (including phenoxy) is 3. The average molecular weight is 635 g/mol. The van der Waals surface area contributed by atoms with Gasteiger partial charge in [0.2, 0.25) is 0 Å². The van der Waals surface area contributed by atoms with Crippen molar-refractivity contribution >= 4 is 17.2 Å². The van der Waals surface area contributed by atoms with Crippen LogP contribution in [-0.2, 0) is 25.8 Å². The van der Waals surface area contributed by atoms with Crippen LogP contribution < -0.4 is 0 Å². The van der Waals surface area contributed by atoms with Crippen LogP contribution in [0.3, 0.4) is 0 Å². The Kier molecular flexibility index (Phi) is 5.88. The standard InChI is InChI=1S/C39H56O3P2/c1-33-22-35(3)41-34(2,23-36(4,40-33)42-35)39(33,24-43)32-8-6-5-7-31(32)21-44(37-15-25-9-26(16-37)11-27(10-25)17-37)38-18-28-12-29(19-38)14-30(13-28)20-38/h5-8,25-30H,9-24,43H2,1-4H3. The topological polar surface area (TPSA) is 27.7 Å². The van der Waals surface area contributed by atoms with Gasteiger partial charge in [0.15, 0.2) is 11.6 Å². The lowest BCUT2D eigenvalue weighted by Gasteiger charge is -2.74. The second-order valence-electron chi connectivity index (χ2n) is 19.0. The first-order valence-corrected chi connectivity index (χ1v) is 20.9. The summed E-state index contributed by atoms with van der Waals surface area (Å²) >= 11 is 0. The summed E-state index contributed by atoms with van der Waals surface area (Å²) in [5.74, 6) is 4.99. The third kappa shape index (κ3) is 3.70. The average Bonchev–Trinajstić information content (AvgIpc) is 2.88. The second-order valence-corrected chi connectivity index (χ2v) is 22.5. The van der Waals surface area contributed by atoms with E-state index in [1.54, 1.807) is 88.2 Å². The molecule has 0 N–H and O–H groups in total. The van der Waals surface area contributed by atoms with Crippen LogP contribution in [-0.4, -0.2) is 39.3 Å². The lowest BCUT2D eigenvalue weighted by Crippen LogP contribution is -2.84. The Bertz CT molecular complexity index is 1230. The molecule has 240 valence electrons. The van der Waals surface area contributed by atoms with Gasteiger partial charge < -0.3 is 14.2 Å². The van der Waals surface area contributed by atoms with Crippen molar-refractivity contribution in [3.05, 3.63) is 35.4 Å². The Balaban J connectivity index is 1.12. The fourth-order valence-corrected chi connectivity index (χ4v) is 22.2. The molecular weight excluding hydrogens is 578 g/mol. The molecule has 4 saturated heterocycles. The molecule has 0 spiro atoms. The Morgan fingerprint density at radius 1 is 0.636 bits per heavy atom. The zero-order chi connectivity index (χ0) is 30.0. The number of hydrogen-bond donors (Lipinski definition) is 0. The summed E-state index contributed by atoms with van der Waals surface area (Å²) in [6.07, 6.45) is 22.6. The molecule has 0 aromatic heterocycles. The molecule has 8 aliphatic carbocycles. The summed E-state index contributed by atoms with van der Waals surface area (Å²) in [6, 6.07) is 9.79. The van der Waals surface area contributed by atoms with Gasteiger partial charge >= 0.3 is 0 Å². The molecule has 1 aromatic carbocycles. The monoisotopic (exact) mass is 634 g/mol. The van der Waals surface area contributed by atoms with E-state index in [9.17, 15) is 0 Å². The minimum atomic E-state index is -0.585. The van der Waals surface area contributed by atoms with Crippen molar-refractivity contribution in [1.29, 1.82) is 0 Å². The molecule has 44 heavy (non-hydrogen) atoms. The van der Waals surface area contributed by atoms with Crippen LogP contribution in [0.4, 0.5) is 0 Å². The molecule has 0 amide bonds. The predicted molar refractivity (Wildman–Crippen MR) is 181 cm³/mol. The van der Waals surface area contributed by atoms with Gasteiger partial charge in [-0.2, -0.15) is 0 Å². The fourth-order valence-electron chi connectivity index (χ4n) is 15.9. The Morgan fingerprint density at radius 3 is 1.45 bits per heavy atom. The molecule has 4 heterocycles. The van der Waals surface area contributed by atoms with Crippen LogP contribution in [0.25, 0.3) is 0 Å². The quantitative estimate of drug-likeness (QED) is 0.292. The van der Waals surface area contributed by atoms with Crippen molar-refractivity contribution in [2.75, 3.05) is 6.16 Å². The highest BCUT2D eigenvalue weighted by Gasteiger charge is 2.77. The van der Waals surface area contributed by atoms with Crippen molar-refractivity contribution in [1.82, 2.24) is 0 Å². The van der Waals surface area contributed by atoms with Gasteiger partial charge in [0.25, 0.3) is 0 Å². The summed E-state index contributed by atoms with van der Waals surface area (Å²) in [4.78, 5) is 0. The summed E-state index contributed by atoms with van der Waals surface area (Å²) in [5, 5.41) is 1.27. The Morgan fingerprint density at radius 2 is 1.05 bits per heavy atom. The van der Waals surface area contributed by atoms with Gasteiger partial charge in [-0.15, -0.1) is 9.24 Å². The van der Waals surface area contributed by atoms with Gasteiger partial charge in [-0.1, -0.05) is 32.2 Å². The normalized spacial score (nSPS) is 58.2. The molecule has 12 fully saturated rings. The third-order valence-electron chi connectivity index (χ3n) is 15.7. The van der Waals surface area contributed by atoms with Crippen LogP contribution in [0.5, 0.6) is 0 Å².